The fraction of sp³-hybridized carbons (Fsp3) is 1.00. The van der Waals surface area contributed by atoms with E-state index in [1.54, 1.807) is 0 Å². The maximum Gasteiger partial charge on any atom is 0.00797 e. The van der Waals surface area contributed by atoms with Gasteiger partial charge in [-0.2, -0.15) is 0 Å². The molecule has 2 heteroatoms. The third-order valence-electron chi connectivity index (χ3n) is 4.41. The molecule has 2 aliphatic rings. The van der Waals surface area contributed by atoms with Crippen molar-refractivity contribution in [3.05, 3.63) is 0 Å². The Morgan fingerprint density at radius 1 is 1.00 bits per heavy atom. The van der Waals surface area contributed by atoms with E-state index in [9.17, 15) is 0 Å². The minimum atomic E-state index is 0.798. The highest BCUT2D eigenvalue weighted by Gasteiger charge is 2.17. The summed E-state index contributed by atoms with van der Waals surface area (Å²) in [5.41, 5.74) is 0. The number of hydrogen-bond donors (Lipinski definition) is 1. The van der Waals surface area contributed by atoms with Crippen molar-refractivity contribution in [3.63, 3.8) is 0 Å². The summed E-state index contributed by atoms with van der Waals surface area (Å²) in [7, 11) is 2.25. The Labute approximate surface area is 101 Å². The molecule has 1 aliphatic carbocycles. The molecule has 1 saturated carbocycles. The first-order valence-corrected chi connectivity index (χ1v) is 7.26. The summed E-state index contributed by atoms with van der Waals surface area (Å²) in [6.07, 6.45) is 11.5. The lowest BCUT2D eigenvalue weighted by atomic mass is 10.0. The lowest BCUT2D eigenvalue weighted by Gasteiger charge is -2.18. The van der Waals surface area contributed by atoms with Gasteiger partial charge in [0, 0.05) is 6.04 Å². The van der Waals surface area contributed by atoms with Gasteiger partial charge in [0.25, 0.3) is 0 Å². The standard InChI is InChI=1S/C14H28N2/c1-16-11-4-7-14(9-12-16)15-10-8-13-5-2-3-6-13/h13-15H,2-12H2,1H3. The zero-order valence-electron chi connectivity index (χ0n) is 10.9. The molecule has 0 radical (unpaired) electrons. The summed E-state index contributed by atoms with van der Waals surface area (Å²) in [5.74, 6) is 1.04. The number of nitrogens with zero attached hydrogens (tertiary/aromatic N) is 1. The Kier molecular flexibility index (Phi) is 5.11. The normalized spacial score (nSPS) is 29.4. The van der Waals surface area contributed by atoms with E-state index in [2.05, 4.69) is 17.3 Å². The molecule has 94 valence electrons. The molecule has 2 rings (SSSR count). The second-order valence-corrected chi connectivity index (χ2v) is 5.82. The number of rotatable bonds is 4. The highest BCUT2D eigenvalue weighted by Crippen LogP contribution is 2.27. The topological polar surface area (TPSA) is 15.3 Å². The predicted octanol–water partition coefficient (Wildman–Crippen LogP) is 2.64. The number of likely N-dealkylation sites (tertiary alicyclic amines) is 1. The van der Waals surface area contributed by atoms with E-state index < -0.39 is 0 Å². The van der Waals surface area contributed by atoms with Gasteiger partial charge in [0.2, 0.25) is 0 Å². The van der Waals surface area contributed by atoms with E-state index in [0.717, 1.165) is 12.0 Å². The Hall–Kier alpha value is -0.0800. The molecule has 2 nitrogen and oxygen atoms in total. The minimum Gasteiger partial charge on any atom is -0.314 e. The number of hydrogen-bond acceptors (Lipinski definition) is 2. The van der Waals surface area contributed by atoms with Crippen molar-refractivity contribution in [1.29, 1.82) is 0 Å². The summed E-state index contributed by atoms with van der Waals surface area (Å²) < 4.78 is 0. The van der Waals surface area contributed by atoms with Crippen LogP contribution in [0.1, 0.15) is 51.4 Å². The summed E-state index contributed by atoms with van der Waals surface area (Å²) >= 11 is 0. The fourth-order valence-corrected chi connectivity index (χ4v) is 3.23. The average molecular weight is 224 g/mol. The molecule has 2 fully saturated rings. The third kappa shape index (κ3) is 4.06. The van der Waals surface area contributed by atoms with E-state index >= 15 is 0 Å². The molecule has 16 heavy (non-hydrogen) atoms. The summed E-state index contributed by atoms with van der Waals surface area (Å²) in [6.45, 7) is 3.83. The van der Waals surface area contributed by atoms with Crippen molar-refractivity contribution in [2.24, 2.45) is 5.92 Å². The second kappa shape index (κ2) is 6.61. The molecule has 1 N–H and O–H groups in total. The Bertz CT molecular complexity index is 187. The lowest BCUT2D eigenvalue weighted by Crippen LogP contribution is -2.31. The largest absolute Gasteiger partial charge is 0.314 e. The smallest absolute Gasteiger partial charge is 0.00797 e. The van der Waals surface area contributed by atoms with Crippen molar-refractivity contribution in [1.82, 2.24) is 10.2 Å². The van der Waals surface area contributed by atoms with Gasteiger partial charge in [-0.3, -0.25) is 0 Å². The van der Waals surface area contributed by atoms with Gasteiger partial charge in [0.05, 0.1) is 0 Å². The molecule has 0 aromatic heterocycles. The monoisotopic (exact) mass is 224 g/mol. The van der Waals surface area contributed by atoms with Gasteiger partial charge in [0.1, 0.15) is 0 Å². The van der Waals surface area contributed by atoms with E-state index in [0.29, 0.717) is 0 Å². The van der Waals surface area contributed by atoms with E-state index in [4.69, 9.17) is 0 Å². The molecular weight excluding hydrogens is 196 g/mol. The van der Waals surface area contributed by atoms with E-state index in [-0.39, 0.29) is 0 Å². The predicted molar refractivity (Wildman–Crippen MR) is 69.7 cm³/mol. The van der Waals surface area contributed by atoms with Crippen LogP contribution in [0.25, 0.3) is 0 Å². The summed E-state index contributed by atoms with van der Waals surface area (Å²) in [4.78, 5) is 2.47. The van der Waals surface area contributed by atoms with Crippen LogP contribution in [0.4, 0.5) is 0 Å². The molecule has 0 spiro atoms. The summed E-state index contributed by atoms with van der Waals surface area (Å²) in [5, 5.41) is 3.78. The molecule has 1 aliphatic heterocycles. The van der Waals surface area contributed by atoms with Gasteiger partial charge in [0.15, 0.2) is 0 Å². The Morgan fingerprint density at radius 3 is 2.62 bits per heavy atom. The third-order valence-corrected chi connectivity index (χ3v) is 4.41. The van der Waals surface area contributed by atoms with Crippen LogP contribution in [0.2, 0.25) is 0 Å². The van der Waals surface area contributed by atoms with E-state index in [1.807, 2.05) is 0 Å². The van der Waals surface area contributed by atoms with Gasteiger partial charge in [-0.1, -0.05) is 25.7 Å². The molecule has 1 unspecified atom stereocenters. The number of nitrogens with one attached hydrogen (secondary N) is 1. The first kappa shape index (κ1) is 12.4. The van der Waals surface area contributed by atoms with Crippen LogP contribution in [0.15, 0.2) is 0 Å². The highest BCUT2D eigenvalue weighted by molar-refractivity contribution is 4.75. The molecule has 1 heterocycles. The first-order chi connectivity index (χ1) is 7.84. The maximum atomic E-state index is 3.78. The van der Waals surface area contributed by atoms with Gasteiger partial charge in [-0.05, 0) is 58.3 Å². The first-order valence-electron chi connectivity index (χ1n) is 7.26. The maximum absolute atomic E-state index is 3.78. The van der Waals surface area contributed by atoms with Gasteiger partial charge in [-0.25, -0.2) is 0 Å². The van der Waals surface area contributed by atoms with Crippen molar-refractivity contribution in [2.75, 3.05) is 26.7 Å². The van der Waals surface area contributed by atoms with Crippen LogP contribution < -0.4 is 5.32 Å². The SMILES string of the molecule is CN1CCCC(NCCC2CCCC2)CC1. The van der Waals surface area contributed by atoms with Gasteiger partial charge >= 0.3 is 0 Å². The Morgan fingerprint density at radius 2 is 1.81 bits per heavy atom. The molecule has 0 aromatic rings. The van der Waals surface area contributed by atoms with Crippen LogP contribution in [-0.2, 0) is 0 Å². The lowest BCUT2D eigenvalue weighted by molar-refractivity contribution is 0.342. The summed E-state index contributed by atoms with van der Waals surface area (Å²) in [6, 6.07) is 0.798. The quantitative estimate of drug-likeness (QED) is 0.790. The van der Waals surface area contributed by atoms with Crippen molar-refractivity contribution < 1.29 is 0 Å². The zero-order chi connectivity index (χ0) is 11.2. The van der Waals surface area contributed by atoms with Crippen molar-refractivity contribution in [3.8, 4) is 0 Å². The van der Waals surface area contributed by atoms with Crippen LogP contribution in [0, 0.1) is 5.92 Å². The van der Waals surface area contributed by atoms with Crippen LogP contribution >= 0.6 is 0 Å². The van der Waals surface area contributed by atoms with Crippen LogP contribution in [0.5, 0.6) is 0 Å². The molecule has 1 atom stereocenters. The van der Waals surface area contributed by atoms with Crippen molar-refractivity contribution >= 4 is 0 Å². The molecule has 0 aromatic carbocycles. The van der Waals surface area contributed by atoms with Gasteiger partial charge < -0.3 is 10.2 Å². The average Bonchev–Trinajstić information content (AvgIpc) is 2.70. The van der Waals surface area contributed by atoms with E-state index in [1.165, 1.54) is 71.0 Å². The van der Waals surface area contributed by atoms with Crippen LogP contribution in [-0.4, -0.2) is 37.6 Å². The fourth-order valence-electron chi connectivity index (χ4n) is 3.23. The highest BCUT2D eigenvalue weighted by atomic mass is 15.1. The molecular formula is C14H28N2. The molecule has 1 saturated heterocycles. The Balaban J connectivity index is 1.57. The molecule has 0 amide bonds. The molecule has 0 bridgehead atoms. The van der Waals surface area contributed by atoms with Gasteiger partial charge in [-0.15, -0.1) is 0 Å². The second-order valence-electron chi connectivity index (χ2n) is 5.82. The van der Waals surface area contributed by atoms with Crippen LogP contribution in [0.3, 0.4) is 0 Å². The minimum absolute atomic E-state index is 0.798. The van der Waals surface area contributed by atoms with Crippen molar-refractivity contribution in [2.45, 2.75) is 57.4 Å². The zero-order valence-corrected chi connectivity index (χ0v) is 10.9.